The Bertz CT molecular complexity index is 972. The average Bonchev–Trinajstić information content (AvgIpc) is 3.30. The summed E-state index contributed by atoms with van der Waals surface area (Å²) in [6.45, 7) is 5.14. The molecule has 0 fully saturated rings. The standard InChI is InChI=1S/C22H26N6O2/c1-2-28-11-3-4-18-12-17(7-10-20(18)28)14-23-22(29)13-16-5-8-19(9-6-16)30-15-21-24-26-27-25-21/h5-10,12H,2-4,11,13-15H2,1H3,(H,23,29)(H,24,25,26,27). The normalized spacial score (nSPS) is 13.0. The Hall–Kier alpha value is -3.42. The predicted octanol–water partition coefficient (Wildman–Crippen LogP) is 2.41. The van der Waals surface area contributed by atoms with E-state index in [9.17, 15) is 4.79 Å². The van der Waals surface area contributed by atoms with Gasteiger partial charge in [0.15, 0.2) is 6.61 Å². The quantitative estimate of drug-likeness (QED) is 0.596. The van der Waals surface area contributed by atoms with E-state index in [0.29, 0.717) is 24.5 Å². The molecule has 2 aromatic carbocycles. The molecule has 8 heteroatoms. The summed E-state index contributed by atoms with van der Waals surface area (Å²) in [6.07, 6.45) is 2.62. The molecular weight excluding hydrogens is 380 g/mol. The lowest BCUT2D eigenvalue weighted by Crippen LogP contribution is -2.29. The first-order valence-electron chi connectivity index (χ1n) is 10.3. The van der Waals surface area contributed by atoms with Crippen molar-refractivity contribution in [3.05, 3.63) is 65.0 Å². The summed E-state index contributed by atoms with van der Waals surface area (Å²) >= 11 is 0. The van der Waals surface area contributed by atoms with E-state index < -0.39 is 0 Å². The number of tetrazole rings is 1. The van der Waals surface area contributed by atoms with Crippen LogP contribution in [0.5, 0.6) is 5.75 Å². The zero-order valence-corrected chi connectivity index (χ0v) is 17.1. The molecule has 3 aromatic rings. The van der Waals surface area contributed by atoms with Crippen molar-refractivity contribution in [3.8, 4) is 5.75 Å². The highest BCUT2D eigenvalue weighted by Crippen LogP contribution is 2.27. The molecule has 4 rings (SSSR count). The monoisotopic (exact) mass is 406 g/mol. The molecule has 2 N–H and O–H groups in total. The highest BCUT2D eigenvalue weighted by atomic mass is 16.5. The van der Waals surface area contributed by atoms with Gasteiger partial charge >= 0.3 is 0 Å². The number of amides is 1. The fourth-order valence-corrected chi connectivity index (χ4v) is 3.71. The Morgan fingerprint density at radius 1 is 1.20 bits per heavy atom. The topological polar surface area (TPSA) is 96.0 Å². The van der Waals surface area contributed by atoms with Gasteiger partial charge in [-0.05, 0) is 54.7 Å². The Labute approximate surface area is 175 Å². The number of benzene rings is 2. The third kappa shape index (κ3) is 4.94. The molecule has 2 heterocycles. The minimum Gasteiger partial charge on any atom is -0.485 e. The number of hydrogen-bond donors (Lipinski definition) is 2. The minimum absolute atomic E-state index is 0.00312. The second-order valence-electron chi connectivity index (χ2n) is 7.36. The molecule has 1 aliphatic rings. The molecule has 8 nitrogen and oxygen atoms in total. The van der Waals surface area contributed by atoms with Crippen LogP contribution in [0.25, 0.3) is 0 Å². The third-order valence-corrected chi connectivity index (χ3v) is 5.28. The fourth-order valence-electron chi connectivity index (χ4n) is 3.71. The summed E-state index contributed by atoms with van der Waals surface area (Å²) in [5.41, 5.74) is 4.79. The first-order valence-corrected chi connectivity index (χ1v) is 10.3. The van der Waals surface area contributed by atoms with Crippen molar-refractivity contribution in [1.29, 1.82) is 0 Å². The van der Waals surface area contributed by atoms with Gasteiger partial charge in [-0.15, -0.1) is 10.2 Å². The van der Waals surface area contributed by atoms with E-state index in [4.69, 9.17) is 4.74 Å². The molecule has 0 bridgehead atoms. The summed E-state index contributed by atoms with van der Waals surface area (Å²) in [5, 5.41) is 16.6. The Morgan fingerprint density at radius 3 is 2.80 bits per heavy atom. The van der Waals surface area contributed by atoms with E-state index in [1.807, 2.05) is 24.3 Å². The SMILES string of the molecule is CCN1CCCc2cc(CNC(=O)Cc3ccc(OCc4nn[nH]n4)cc3)ccc21. The highest BCUT2D eigenvalue weighted by molar-refractivity contribution is 5.78. The molecule has 0 atom stereocenters. The van der Waals surface area contributed by atoms with Gasteiger partial charge in [0.05, 0.1) is 6.42 Å². The van der Waals surface area contributed by atoms with Crippen LogP contribution in [0.3, 0.4) is 0 Å². The maximum absolute atomic E-state index is 12.4. The van der Waals surface area contributed by atoms with Gasteiger partial charge in [0.25, 0.3) is 0 Å². The molecule has 0 saturated carbocycles. The second kappa shape index (κ2) is 9.39. The molecule has 156 valence electrons. The Balaban J connectivity index is 1.26. The first-order chi connectivity index (χ1) is 14.7. The zero-order chi connectivity index (χ0) is 20.8. The van der Waals surface area contributed by atoms with Gasteiger partial charge in [-0.3, -0.25) is 4.79 Å². The molecule has 0 aliphatic carbocycles. The van der Waals surface area contributed by atoms with Crippen LogP contribution in [0, 0.1) is 0 Å². The number of fused-ring (bicyclic) bond motifs is 1. The van der Waals surface area contributed by atoms with Gasteiger partial charge in [0.1, 0.15) is 5.75 Å². The number of ether oxygens (including phenoxy) is 1. The number of aromatic amines is 1. The molecule has 0 spiro atoms. The van der Waals surface area contributed by atoms with Crippen LogP contribution in [0.15, 0.2) is 42.5 Å². The number of anilines is 1. The van der Waals surface area contributed by atoms with Crippen LogP contribution < -0.4 is 15.0 Å². The van der Waals surface area contributed by atoms with Crippen LogP contribution in [-0.4, -0.2) is 39.6 Å². The Kier molecular flexibility index (Phi) is 6.22. The first kappa shape index (κ1) is 19.9. The van der Waals surface area contributed by atoms with Crippen molar-refractivity contribution in [1.82, 2.24) is 25.9 Å². The van der Waals surface area contributed by atoms with E-state index in [1.54, 1.807) is 0 Å². The molecular formula is C22H26N6O2. The van der Waals surface area contributed by atoms with E-state index in [1.165, 1.54) is 17.7 Å². The average molecular weight is 406 g/mol. The summed E-state index contributed by atoms with van der Waals surface area (Å²) in [7, 11) is 0. The van der Waals surface area contributed by atoms with Gasteiger partial charge in [-0.1, -0.05) is 29.5 Å². The van der Waals surface area contributed by atoms with Crippen molar-refractivity contribution in [2.24, 2.45) is 0 Å². The van der Waals surface area contributed by atoms with Gasteiger partial charge < -0.3 is 15.0 Å². The van der Waals surface area contributed by atoms with Crippen LogP contribution in [-0.2, 0) is 30.8 Å². The molecule has 1 aromatic heterocycles. The van der Waals surface area contributed by atoms with Crippen LogP contribution >= 0.6 is 0 Å². The molecule has 30 heavy (non-hydrogen) atoms. The number of rotatable bonds is 8. The molecule has 0 radical (unpaired) electrons. The summed E-state index contributed by atoms with van der Waals surface area (Å²) in [4.78, 5) is 14.8. The maximum Gasteiger partial charge on any atom is 0.224 e. The van der Waals surface area contributed by atoms with Gasteiger partial charge in [0, 0.05) is 25.3 Å². The zero-order valence-electron chi connectivity index (χ0n) is 17.1. The van der Waals surface area contributed by atoms with E-state index >= 15 is 0 Å². The number of aryl methyl sites for hydroxylation is 1. The third-order valence-electron chi connectivity index (χ3n) is 5.28. The van der Waals surface area contributed by atoms with E-state index in [0.717, 1.165) is 30.6 Å². The fraction of sp³-hybridized carbons (Fsp3) is 0.364. The van der Waals surface area contributed by atoms with E-state index in [2.05, 4.69) is 56.0 Å². The molecule has 1 aliphatic heterocycles. The predicted molar refractivity (Wildman–Crippen MR) is 113 cm³/mol. The van der Waals surface area contributed by atoms with Crippen molar-refractivity contribution >= 4 is 11.6 Å². The largest absolute Gasteiger partial charge is 0.485 e. The van der Waals surface area contributed by atoms with Gasteiger partial charge in [0.2, 0.25) is 11.7 Å². The van der Waals surface area contributed by atoms with Gasteiger partial charge in [-0.25, -0.2) is 0 Å². The van der Waals surface area contributed by atoms with Crippen LogP contribution in [0.4, 0.5) is 5.69 Å². The molecule has 0 saturated heterocycles. The van der Waals surface area contributed by atoms with Crippen LogP contribution in [0.1, 0.15) is 35.9 Å². The smallest absolute Gasteiger partial charge is 0.224 e. The molecule has 0 unspecified atom stereocenters. The number of carbonyl (C=O) groups is 1. The minimum atomic E-state index is 0.00312. The van der Waals surface area contributed by atoms with Crippen molar-refractivity contribution in [2.45, 2.75) is 39.3 Å². The summed E-state index contributed by atoms with van der Waals surface area (Å²) < 4.78 is 5.59. The van der Waals surface area contributed by atoms with E-state index in [-0.39, 0.29) is 12.5 Å². The number of hydrogen-bond acceptors (Lipinski definition) is 6. The number of H-pyrrole nitrogens is 1. The summed E-state index contributed by atoms with van der Waals surface area (Å²) in [6, 6.07) is 14.0. The number of nitrogens with one attached hydrogen (secondary N) is 2. The molecule has 1 amide bonds. The van der Waals surface area contributed by atoms with Crippen molar-refractivity contribution in [2.75, 3.05) is 18.0 Å². The second-order valence-corrected chi connectivity index (χ2v) is 7.36. The lowest BCUT2D eigenvalue weighted by Gasteiger charge is -2.30. The number of aromatic nitrogens is 4. The van der Waals surface area contributed by atoms with Gasteiger partial charge in [-0.2, -0.15) is 5.21 Å². The summed E-state index contributed by atoms with van der Waals surface area (Å²) in [5.74, 6) is 1.19. The lowest BCUT2D eigenvalue weighted by atomic mass is 9.99. The number of carbonyl (C=O) groups excluding carboxylic acids is 1. The van der Waals surface area contributed by atoms with Crippen LogP contribution in [0.2, 0.25) is 0 Å². The lowest BCUT2D eigenvalue weighted by molar-refractivity contribution is -0.120. The number of nitrogens with zero attached hydrogens (tertiary/aromatic N) is 4. The maximum atomic E-state index is 12.4. The van der Waals surface area contributed by atoms with Crippen molar-refractivity contribution in [3.63, 3.8) is 0 Å². The van der Waals surface area contributed by atoms with Crippen molar-refractivity contribution < 1.29 is 9.53 Å². The highest BCUT2D eigenvalue weighted by Gasteiger charge is 2.15. The Morgan fingerprint density at radius 2 is 2.03 bits per heavy atom.